The highest BCUT2D eigenvalue weighted by atomic mass is 32.2. The minimum absolute atomic E-state index is 0.0587. The Kier molecular flexibility index (Phi) is 8.15. The van der Waals surface area contributed by atoms with E-state index in [1.54, 1.807) is 18.7 Å². The summed E-state index contributed by atoms with van der Waals surface area (Å²) in [6.45, 7) is 6.01. The largest absolute Gasteiger partial charge is 0.416 e. The minimum atomic E-state index is -5.14. The van der Waals surface area contributed by atoms with Crippen molar-refractivity contribution in [2.45, 2.75) is 36.8 Å². The molecular weight excluding hydrogens is 626 g/mol. The van der Waals surface area contributed by atoms with Crippen LogP contribution in [0.4, 0.5) is 32.0 Å². The lowest BCUT2D eigenvalue weighted by Gasteiger charge is -2.32. The predicted molar refractivity (Wildman–Crippen MR) is 154 cm³/mol. The summed E-state index contributed by atoms with van der Waals surface area (Å²) < 4.78 is 106. The summed E-state index contributed by atoms with van der Waals surface area (Å²) in [5.41, 5.74) is -1.40. The molecule has 1 aromatic heterocycles. The summed E-state index contributed by atoms with van der Waals surface area (Å²) in [4.78, 5) is 32.8. The van der Waals surface area contributed by atoms with Crippen molar-refractivity contribution in [2.75, 3.05) is 38.5 Å². The highest BCUT2D eigenvalue weighted by Crippen LogP contribution is 2.39. The van der Waals surface area contributed by atoms with E-state index in [2.05, 4.69) is 15.2 Å². The van der Waals surface area contributed by atoms with Gasteiger partial charge in [-0.1, -0.05) is 0 Å². The molecule has 2 amide bonds. The van der Waals surface area contributed by atoms with Gasteiger partial charge in [0.1, 0.15) is 0 Å². The Bertz CT molecular complexity index is 1800. The number of H-pyrrole nitrogens is 1. The smallest absolute Gasteiger partial charge is 0.358 e. The quantitative estimate of drug-likeness (QED) is 0.279. The van der Waals surface area contributed by atoms with E-state index in [1.807, 2.05) is 7.05 Å². The minimum Gasteiger partial charge on any atom is -0.358 e. The second kappa shape index (κ2) is 11.4. The molecule has 240 valence electrons. The highest BCUT2D eigenvalue weighted by molar-refractivity contribution is 7.90. The monoisotopic (exact) mass is 654 g/mol. The Morgan fingerprint density at radius 1 is 0.933 bits per heavy atom. The number of sulfone groups is 1. The molecular formula is C30H28F6N4O4S. The Morgan fingerprint density at radius 3 is 2.11 bits per heavy atom. The van der Waals surface area contributed by atoms with Crippen molar-refractivity contribution in [3.63, 3.8) is 0 Å². The fraction of sp³-hybridized carbons (Fsp3) is 0.333. The summed E-state index contributed by atoms with van der Waals surface area (Å²) in [6.07, 6.45) is -8.80. The Labute approximate surface area is 254 Å². The summed E-state index contributed by atoms with van der Waals surface area (Å²) in [7, 11) is -2.51. The van der Waals surface area contributed by atoms with Crippen molar-refractivity contribution < 1.29 is 44.3 Å². The van der Waals surface area contributed by atoms with Crippen molar-refractivity contribution in [3.05, 3.63) is 81.2 Å². The van der Waals surface area contributed by atoms with Crippen LogP contribution in [0.5, 0.6) is 0 Å². The standard InChI is InChI=1S/C30H28F6N4O4S/c1-16-25(37-17(2)26(16)28(42)40-8-6-39(3)7-9-40)14-23-22-13-21(4-5-24(22)38-27(23)41)45(43,44)15-18-10-19(29(31,32)33)12-20(11-18)30(34,35)36/h4-5,10-14,37H,6-9,15H2,1-3H3,(H,38,41). The fourth-order valence-corrected chi connectivity index (χ4v) is 6.81. The first-order chi connectivity index (χ1) is 20.8. The number of hydrogen-bond donors (Lipinski definition) is 2. The summed E-state index contributed by atoms with van der Waals surface area (Å²) in [6, 6.07) is 4.22. The molecule has 2 aliphatic heterocycles. The molecule has 2 N–H and O–H groups in total. The molecule has 5 rings (SSSR count). The molecule has 2 aromatic carbocycles. The number of piperazine rings is 1. The van der Waals surface area contributed by atoms with Gasteiger partial charge in [0.25, 0.3) is 11.8 Å². The van der Waals surface area contributed by atoms with Gasteiger partial charge in [0.2, 0.25) is 0 Å². The number of likely N-dealkylation sites (N-methyl/N-ethyl adjacent to an activating group) is 1. The molecule has 0 bridgehead atoms. The van der Waals surface area contributed by atoms with Crippen molar-refractivity contribution in [3.8, 4) is 0 Å². The zero-order chi connectivity index (χ0) is 33.1. The van der Waals surface area contributed by atoms with E-state index >= 15 is 0 Å². The van der Waals surface area contributed by atoms with Crippen LogP contribution in [0.25, 0.3) is 11.6 Å². The molecule has 45 heavy (non-hydrogen) atoms. The van der Waals surface area contributed by atoms with Gasteiger partial charge in [-0.05, 0) is 74.5 Å². The molecule has 1 saturated heterocycles. The van der Waals surface area contributed by atoms with Gasteiger partial charge in [-0.3, -0.25) is 9.59 Å². The summed E-state index contributed by atoms with van der Waals surface area (Å²) in [5, 5.41) is 2.62. The number of aromatic amines is 1. The Balaban J connectivity index is 1.48. The number of alkyl halides is 6. The first-order valence-corrected chi connectivity index (χ1v) is 15.4. The molecule has 0 saturated carbocycles. The Morgan fingerprint density at radius 2 is 1.53 bits per heavy atom. The fourth-order valence-electron chi connectivity index (χ4n) is 5.46. The number of aryl methyl sites for hydroxylation is 1. The average molecular weight is 655 g/mol. The van der Waals surface area contributed by atoms with Gasteiger partial charge in [0, 0.05) is 48.8 Å². The van der Waals surface area contributed by atoms with E-state index < -0.39 is 55.4 Å². The number of fused-ring (bicyclic) bond motifs is 1. The topological polar surface area (TPSA) is 103 Å². The lowest BCUT2D eigenvalue weighted by Crippen LogP contribution is -2.47. The molecule has 1 fully saturated rings. The number of anilines is 1. The third-order valence-corrected chi connectivity index (χ3v) is 9.59. The van der Waals surface area contributed by atoms with E-state index in [4.69, 9.17) is 0 Å². The normalized spacial score (nSPS) is 17.1. The first kappa shape index (κ1) is 32.3. The van der Waals surface area contributed by atoms with Crippen LogP contribution in [0.2, 0.25) is 0 Å². The van der Waals surface area contributed by atoms with E-state index in [0.29, 0.717) is 47.7 Å². The van der Waals surface area contributed by atoms with E-state index in [-0.39, 0.29) is 28.8 Å². The second-order valence-electron chi connectivity index (χ2n) is 11.2. The SMILES string of the molecule is Cc1[nH]c(C=C2C(=O)Nc3ccc(S(=O)(=O)Cc4cc(C(F)(F)F)cc(C(F)(F)F)c4)cc32)c(C)c1C(=O)N1CCN(C)CC1. The van der Waals surface area contributed by atoms with Crippen molar-refractivity contribution in [2.24, 2.45) is 0 Å². The van der Waals surface area contributed by atoms with Crippen molar-refractivity contribution >= 4 is 39.0 Å². The molecule has 2 aliphatic rings. The third-order valence-electron chi connectivity index (χ3n) is 7.91. The van der Waals surface area contributed by atoms with Crippen LogP contribution in [0.1, 0.15) is 49.6 Å². The van der Waals surface area contributed by atoms with E-state index in [0.717, 1.165) is 25.2 Å². The molecule has 0 spiro atoms. The molecule has 3 heterocycles. The average Bonchev–Trinajstić information content (AvgIpc) is 3.40. The molecule has 0 aliphatic carbocycles. The number of rotatable bonds is 5. The number of hydrogen-bond acceptors (Lipinski definition) is 5. The lowest BCUT2D eigenvalue weighted by molar-refractivity contribution is -0.143. The number of halogens is 6. The van der Waals surface area contributed by atoms with Gasteiger partial charge in [0.15, 0.2) is 9.84 Å². The molecule has 0 atom stereocenters. The molecule has 15 heteroatoms. The van der Waals surface area contributed by atoms with Gasteiger partial charge < -0.3 is 20.1 Å². The maximum absolute atomic E-state index is 13.3. The van der Waals surface area contributed by atoms with Crippen LogP contribution in [-0.2, 0) is 32.7 Å². The first-order valence-electron chi connectivity index (χ1n) is 13.7. The van der Waals surface area contributed by atoms with Crippen molar-refractivity contribution in [1.82, 2.24) is 14.8 Å². The number of amides is 2. The molecule has 3 aromatic rings. The van der Waals surface area contributed by atoms with Crippen LogP contribution in [0, 0.1) is 13.8 Å². The van der Waals surface area contributed by atoms with E-state index in [1.165, 1.54) is 12.1 Å². The van der Waals surface area contributed by atoms with Crippen LogP contribution < -0.4 is 5.32 Å². The van der Waals surface area contributed by atoms with Gasteiger partial charge in [-0.25, -0.2) is 8.42 Å². The second-order valence-corrected chi connectivity index (χ2v) is 13.1. The highest BCUT2D eigenvalue weighted by Gasteiger charge is 2.37. The van der Waals surface area contributed by atoms with Gasteiger partial charge >= 0.3 is 12.4 Å². The van der Waals surface area contributed by atoms with Gasteiger partial charge in [-0.2, -0.15) is 26.3 Å². The number of carbonyl (C=O) groups is 2. The van der Waals surface area contributed by atoms with Crippen LogP contribution >= 0.6 is 0 Å². The molecule has 0 unspecified atom stereocenters. The van der Waals surface area contributed by atoms with E-state index in [9.17, 15) is 44.3 Å². The zero-order valence-electron chi connectivity index (χ0n) is 24.3. The van der Waals surface area contributed by atoms with Gasteiger partial charge in [-0.15, -0.1) is 0 Å². The van der Waals surface area contributed by atoms with Crippen LogP contribution in [0.3, 0.4) is 0 Å². The van der Waals surface area contributed by atoms with Crippen molar-refractivity contribution in [1.29, 1.82) is 0 Å². The number of nitrogens with zero attached hydrogens (tertiary/aromatic N) is 2. The van der Waals surface area contributed by atoms with Crippen LogP contribution in [-0.4, -0.2) is 68.2 Å². The summed E-state index contributed by atoms with van der Waals surface area (Å²) in [5.74, 6) is -1.87. The number of nitrogens with one attached hydrogen (secondary N) is 2. The number of carbonyl (C=O) groups excluding carboxylic acids is 2. The maximum Gasteiger partial charge on any atom is 0.416 e. The third kappa shape index (κ3) is 6.50. The maximum atomic E-state index is 13.3. The number of aromatic nitrogens is 1. The molecule has 8 nitrogen and oxygen atoms in total. The predicted octanol–water partition coefficient (Wildman–Crippen LogP) is 5.52. The van der Waals surface area contributed by atoms with Crippen LogP contribution in [0.15, 0.2) is 41.3 Å². The Hall–Kier alpha value is -4.11. The number of benzene rings is 2. The lowest BCUT2D eigenvalue weighted by atomic mass is 10.0. The zero-order valence-corrected chi connectivity index (χ0v) is 25.1. The molecule has 0 radical (unpaired) electrons. The van der Waals surface area contributed by atoms with Gasteiger partial charge in [0.05, 0.1) is 32.9 Å². The summed E-state index contributed by atoms with van der Waals surface area (Å²) >= 11 is 0.